The molecule has 0 unspecified atom stereocenters. The Hall–Kier alpha value is -2.14. The smallest absolute Gasteiger partial charge is 0.251 e. The van der Waals surface area contributed by atoms with Crippen molar-refractivity contribution in [2.75, 3.05) is 19.0 Å². The van der Waals surface area contributed by atoms with E-state index in [1.165, 1.54) is 6.20 Å². The van der Waals surface area contributed by atoms with Crippen LogP contribution in [0.2, 0.25) is 5.15 Å². The molecule has 0 radical (unpaired) electrons. The lowest BCUT2D eigenvalue weighted by atomic mass is 10.1. The number of carbonyl (C=O) groups excluding carboxylic acids is 1. The quantitative estimate of drug-likeness (QED) is 0.937. The fourth-order valence-electron chi connectivity index (χ4n) is 1.78. The summed E-state index contributed by atoms with van der Waals surface area (Å²) in [4.78, 5) is 21.6. The van der Waals surface area contributed by atoms with Crippen molar-refractivity contribution in [1.29, 1.82) is 0 Å². The molecule has 1 aromatic heterocycles. The Morgan fingerprint density at radius 2 is 2.00 bits per heavy atom. The van der Waals surface area contributed by atoms with Gasteiger partial charge < -0.3 is 10.2 Å². The monoisotopic (exact) mass is 290 g/mol. The average molecular weight is 291 g/mol. The first kappa shape index (κ1) is 14.3. The molecule has 2 aromatic rings. The standard InChI is InChI=1S/C14H15ClN4O/c1-16-14(20)11-5-3-10(4-6-11)9-19(2)13-8-17-7-12(15)18-13/h3-8H,9H2,1-2H3,(H,16,20). The average Bonchev–Trinajstić information content (AvgIpc) is 2.47. The number of hydrogen-bond acceptors (Lipinski definition) is 4. The Balaban J connectivity index is 2.08. The number of carbonyl (C=O) groups is 1. The van der Waals surface area contributed by atoms with E-state index in [0.29, 0.717) is 23.1 Å². The lowest BCUT2D eigenvalue weighted by molar-refractivity contribution is 0.0963. The first-order valence-electron chi connectivity index (χ1n) is 6.10. The summed E-state index contributed by atoms with van der Waals surface area (Å²) in [6.07, 6.45) is 3.15. The molecule has 1 aromatic carbocycles. The molecule has 6 heteroatoms. The zero-order valence-corrected chi connectivity index (χ0v) is 12.1. The molecule has 0 bridgehead atoms. The van der Waals surface area contributed by atoms with Crippen molar-refractivity contribution < 1.29 is 4.79 Å². The van der Waals surface area contributed by atoms with E-state index in [-0.39, 0.29) is 5.91 Å². The molecule has 0 atom stereocenters. The van der Waals surface area contributed by atoms with E-state index in [4.69, 9.17) is 11.6 Å². The van der Waals surface area contributed by atoms with Crippen LogP contribution < -0.4 is 10.2 Å². The highest BCUT2D eigenvalue weighted by Crippen LogP contribution is 2.14. The molecular formula is C14H15ClN4O. The summed E-state index contributed by atoms with van der Waals surface area (Å²) in [7, 11) is 3.52. The number of nitrogens with zero attached hydrogens (tertiary/aromatic N) is 3. The fourth-order valence-corrected chi connectivity index (χ4v) is 1.92. The van der Waals surface area contributed by atoms with Crippen LogP contribution in [0.4, 0.5) is 5.82 Å². The molecule has 1 heterocycles. The first-order chi connectivity index (χ1) is 9.60. The third-order valence-corrected chi connectivity index (χ3v) is 3.03. The van der Waals surface area contributed by atoms with Gasteiger partial charge in [0.2, 0.25) is 0 Å². The first-order valence-corrected chi connectivity index (χ1v) is 6.47. The summed E-state index contributed by atoms with van der Waals surface area (Å²) in [5, 5.41) is 2.96. The topological polar surface area (TPSA) is 58.1 Å². The van der Waals surface area contributed by atoms with Gasteiger partial charge in [-0.1, -0.05) is 23.7 Å². The van der Waals surface area contributed by atoms with Crippen molar-refractivity contribution in [3.05, 3.63) is 52.9 Å². The van der Waals surface area contributed by atoms with Crippen molar-refractivity contribution in [3.63, 3.8) is 0 Å². The molecule has 0 fully saturated rings. The molecular weight excluding hydrogens is 276 g/mol. The van der Waals surface area contributed by atoms with Crippen LogP contribution in [-0.2, 0) is 6.54 Å². The molecule has 2 rings (SSSR count). The van der Waals surface area contributed by atoms with Crippen LogP contribution in [0.25, 0.3) is 0 Å². The predicted octanol–water partition coefficient (Wildman–Crippen LogP) is 2.13. The maximum Gasteiger partial charge on any atom is 0.251 e. The molecule has 104 valence electrons. The second kappa shape index (κ2) is 6.34. The molecule has 0 saturated carbocycles. The maximum atomic E-state index is 11.5. The van der Waals surface area contributed by atoms with Gasteiger partial charge in [0, 0.05) is 26.2 Å². The van der Waals surface area contributed by atoms with Crippen LogP contribution in [0.15, 0.2) is 36.7 Å². The van der Waals surface area contributed by atoms with E-state index in [1.807, 2.05) is 24.1 Å². The van der Waals surface area contributed by atoms with Gasteiger partial charge in [-0.05, 0) is 17.7 Å². The number of halogens is 1. The van der Waals surface area contributed by atoms with E-state index in [0.717, 1.165) is 5.56 Å². The zero-order valence-electron chi connectivity index (χ0n) is 11.3. The van der Waals surface area contributed by atoms with Crippen LogP contribution in [0, 0.1) is 0 Å². The minimum atomic E-state index is -0.0920. The van der Waals surface area contributed by atoms with Gasteiger partial charge in [-0.3, -0.25) is 9.78 Å². The minimum absolute atomic E-state index is 0.0920. The van der Waals surface area contributed by atoms with Crippen LogP contribution in [0.1, 0.15) is 15.9 Å². The van der Waals surface area contributed by atoms with Crippen molar-refractivity contribution in [2.24, 2.45) is 0 Å². The molecule has 20 heavy (non-hydrogen) atoms. The van der Waals surface area contributed by atoms with Crippen LogP contribution >= 0.6 is 11.6 Å². The fraction of sp³-hybridized carbons (Fsp3) is 0.214. The Morgan fingerprint density at radius 1 is 1.30 bits per heavy atom. The number of aromatic nitrogens is 2. The Kier molecular flexibility index (Phi) is 4.53. The maximum absolute atomic E-state index is 11.5. The highest BCUT2D eigenvalue weighted by Gasteiger charge is 2.06. The highest BCUT2D eigenvalue weighted by atomic mass is 35.5. The van der Waals surface area contributed by atoms with Gasteiger partial charge in [0.05, 0.1) is 12.4 Å². The number of hydrogen-bond donors (Lipinski definition) is 1. The minimum Gasteiger partial charge on any atom is -0.355 e. The van der Waals surface area contributed by atoms with E-state index in [9.17, 15) is 4.79 Å². The molecule has 0 spiro atoms. The van der Waals surface area contributed by atoms with E-state index >= 15 is 0 Å². The molecule has 0 aliphatic heterocycles. The number of benzene rings is 1. The van der Waals surface area contributed by atoms with Gasteiger partial charge >= 0.3 is 0 Å². The second-order valence-corrected chi connectivity index (χ2v) is 4.72. The third-order valence-electron chi connectivity index (χ3n) is 2.85. The van der Waals surface area contributed by atoms with Crippen LogP contribution in [0.3, 0.4) is 0 Å². The summed E-state index contributed by atoms with van der Waals surface area (Å²) in [5.74, 6) is 0.610. The summed E-state index contributed by atoms with van der Waals surface area (Å²) in [6, 6.07) is 7.43. The largest absolute Gasteiger partial charge is 0.355 e. The normalized spacial score (nSPS) is 10.2. The Bertz CT molecular complexity index is 600. The third kappa shape index (κ3) is 3.45. The predicted molar refractivity (Wildman–Crippen MR) is 79.0 cm³/mol. The lowest BCUT2D eigenvalue weighted by Gasteiger charge is -2.17. The Labute approximate surface area is 122 Å². The van der Waals surface area contributed by atoms with Crippen molar-refractivity contribution in [3.8, 4) is 0 Å². The van der Waals surface area contributed by atoms with Crippen molar-refractivity contribution in [1.82, 2.24) is 15.3 Å². The lowest BCUT2D eigenvalue weighted by Crippen LogP contribution is -2.19. The molecule has 5 nitrogen and oxygen atoms in total. The van der Waals surface area contributed by atoms with Crippen molar-refractivity contribution in [2.45, 2.75) is 6.54 Å². The number of rotatable bonds is 4. The summed E-state index contributed by atoms with van der Waals surface area (Å²) in [6.45, 7) is 0.656. The van der Waals surface area contributed by atoms with E-state index in [2.05, 4.69) is 15.3 Å². The highest BCUT2D eigenvalue weighted by molar-refractivity contribution is 6.29. The molecule has 0 aliphatic rings. The van der Waals surface area contributed by atoms with Crippen LogP contribution in [0.5, 0.6) is 0 Å². The second-order valence-electron chi connectivity index (χ2n) is 4.33. The van der Waals surface area contributed by atoms with Gasteiger partial charge in [-0.25, -0.2) is 4.98 Å². The van der Waals surface area contributed by atoms with Gasteiger partial charge in [-0.15, -0.1) is 0 Å². The molecule has 0 aliphatic carbocycles. The number of nitrogens with one attached hydrogen (secondary N) is 1. The van der Waals surface area contributed by atoms with Crippen molar-refractivity contribution >= 4 is 23.3 Å². The Morgan fingerprint density at radius 3 is 2.60 bits per heavy atom. The summed E-state index contributed by atoms with van der Waals surface area (Å²) >= 11 is 5.82. The van der Waals surface area contributed by atoms with Gasteiger partial charge in [0.25, 0.3) is 5.91 Å². The van der Waals surface area contributed by atoms with Crippen LogP contribution in [-0.4, -0.2) is 30.0 Å². The molecule has 0 saturated heterocycles. The summed E-state index contributed by atoms with van der Waals surface area (Å²) in [5.41, 5.74) is 1.71. The summed E-state index contributed by atoms with van der Waals surface area (Å²) < 4.78 is 0. The zero-order chi connectivity index (χ0) is 14.5. The van der Waals surface area contributed by atoms with Gasteiger partial charge in [0.15, 0.2) is 0 Å². The number of amides is 1. The molecule has 1 N–H and O–H groups in total. The van der Waals surface area contributed by atoms with E-state index < -0.39 is 0 Å². The van der Waals surface area contributed by atoms with Gasteiger partial charge in [0.1, 0.15) is 11.0 Å². The van der Waals surface area contributed by atoms with E-state index in [1.54, 1.807) is 25.4 Å². The SMILES string of the molecule is CNC(=O)c1ccc(CN(C)c2cncc(Cl)n2)cc1. The number of anilines is 1. The van der Waals surface area contributed by atoms with Gasteiger partial charge in [-0.2, -0.15) is 0 Å². The molecule has 1 amide bonds.